The predicted molar refractivity (Wildman–Crippen MR) is 54.0 cm³/mol. The van der Waals surface area contributed by atoms with Crippen LogP contribution in [0, 0.1) is 17.2 Å². The Hall–Kier alpha value is -1.83. The maximum Gasteiger partial charge on any atom is 0.228 e. The monoisotopic (exact) mass is 204 g/mol. The van der Waals surface area contributed by atoms with Crippen molar-refractivity contribution in [1.82, 2.24) is 9.78 Å². The van der Waals surface area contributed by atoms with E-state index in [0.717, 1.165) is 12.2 Å². The maximum atomic E-state index is 11.6. The van der Waals surface area contributed by atoms with E-state index in [1.807, 2.05) is 13.1 Å². The van der Waals surface area contributed by atoms with Crippen molar-refractivity contribution >= 4 is 11.6 Å². The average molecular weight is 204 g/mol. The van der Waals surface area contributed by atoms with Crippen molar-refractivity contribution < 1.29 is 4.79 Å². The normalized spacial score (nSPS) is 20.7. The molecule has 1 aromatic rings. The Morgan fingerprint density at radius 1 is 1.73 bits per heavy atom. The summed E-state index contributed by atoms with van der Waals surface area (Å²) in [6.07, 6.45) is 3.83. The number of hydrogen-bond acceptors (Lipinski definition) is 3. The molecule has 1 aromatic heterocycles. The molecule has 1 amide bonds. The molecular formula is C10H12N4O. The summed E-state index contributed by atoms with van der Waals surface area (Å²) in [5.74, 6) is -0.167. The van der Waals surface area contributed by atoms with Crippen LogP contribution in [0.2, 0.25) is 0 Å². The molecule has 0 saturated carbocycles. The van der Waals surface area contributed by atoms with Gasteiger partial charge in [0, 0.05) is 25.7 Å². The third-order valence-corrected chi connectivity index (χ3v) is 2.56. The number of rotatable bonds is 2. The van der Waals surface area contributed by atoms with Crippen LogP contribution in [-0.4, -0.2) is 22.2 Å². The van der Waals surface area contributed by atoms with Crippen LogP contribution in [0.1, 0.15) is 13.3 Å². The van der Waals surface area contributed by atoms with Crippen molar-refractivity contribution in [2.75, 3.05) is 11.4 Å². The fraction of sp³-hybridized carbons (Fsp3) is 0.500. The van der Waals surface area contributed by atoms with Crippen LogP contribution in [0.15, 0.2) is 12.4 Å². The highest BCUT2D eigenvalue weighted by Crippen LogP contribution is 2.23. The first kappa shape index (κ1) is 9.71. The molecule has 1 fully saturated rings. The lowest BCUT2D eigenvalue weighted by Crippen LogP contribution is -2.23. The molecule has 0 aliphatic carbocycles. The highest BCUT2D eigenvalue weighted by molar-refractivity contribution is 5.95. The average Bonchev–Trinajstić information content (AvgIpc) is 2.83. The Morgan fingerprint density at radius 3 is 3.07 bits per heavy atom. The number of aryl methyl sites for hydroxylation is 1. The molecule has 1 aliphatic rings. The molecule has 0 aromatic carbocycles. The molecule has 5 heteroatoms. The Labute approximate surface area is 87.9 Å². The highest BCUT2D eigenvalue weighted by atomic mass is 16.2. The van der Waals surface area contributed by atoms with Gasteiger partial charge in [0.25, 0.3) is 0 Å². The summed E-state index contributed by atoms with van der Waals surface area (Å²) in [6, 6.07) is 2.13. The first-order valence-corrected chi connectivity index (χ1v) is 4.97. The van der Waals surface area contributed by atoms with Gasteiger partial charge in [0.2, 0.25) is 5.91 Å². The van der Waals surface area contributed by atoms with Crippen molar-refractivity contribution in [3.63, 3.8) is 0 Å². The molecule has 5 nitrogen and oxygen atoms in total. The second-order valence-electron chi connectivity index (χ2n) is 3.59. The van der Waals surface area contributed by atoms with Gasteiger partial charge in [-0.05, 0) is 6.92 Å². The lowest BCUT2D eigenvalue weighted by molar-refractivity contribution is -0.117. The van der Waals surface area contributed by atoms with Crippen molar-refractivity contribution in [2.24, 2.45) is 5.92 Å². The number of amides is 1. The van der Waals surface area contributed by atoms with Crippen LogP contribution in [0.5, 0.6) is 0 Å². The largest absolute Gasteiger partial charge is 0.308 e. The summed E-state index contributed by atoms with van der Waals surface area (Å²) >= 11 is 0. The fourth-order valence-electron chi connectivity index (χ4n) is 1.71. The number of nitriles is 1. The molecule has 0 bridgehead atoms. The van der Waals surface area contributed by atoms with Gasteiger partial charge in [-0.3, -0.25) is 9.48 Å². The Balaban J connectivity index is 2.18. The minimum atomic E-state index is -0.178. The van der Waals surface area contributed by atoms with Crippen LogP contribution >= 0.6 is 0 Å². The molecule has 1 atom stereocenters. The molecule has 2 rings (SSSR count). The third-order valence-electron chi connectivity index (χ3n) is 2.56. The summed E-state index contributed by atoms with van der Waals surface area (Å²) < 4.78 is 1.77. The maximum absolute atomic E-state index is 11.6. The van der Waals surface area contributed by atoms with Gasteiger partial charge >= 0.3 is 0 Å². The highest BCUT2D eigenvalue weighted by Gasteiger charge is 2.31. The van der Waals surface area contributed by atoms with Crippen LogP contribution in [0.3, 0.4) is 0 Å². The second-order valence-corrected chi connectivity index (χ2v) is 3.59. The minimum Gasteiger partial charge on any atom is -0.308 e. The molecule has 1 saturated heterocycles. The summed E-state index contributed by atoms with van der Waals surface area (Å²) in [6.45, 7) is 3.26. The van der Waals surface area contributed by atoms with Crippen LogP contribution in [0.4, 0.5) is 5.69 Å². The summed E-state index contributed by atoms with van der Waals surface area (Å²) in [5, 5.41) is 12.9. The van der Waals surface area contributed by atoms with Gasteiger partial charge in [-0.15, -0.1) is 0 Å². The van der Waals surface area contributed by atoms with Crippen molar-refractivity contribution in [3.8, 4) is 6.07 Å². The summed E-state index contributed by atoms with van der Waals surface area (Å²) in [5.41, 5.74) is 0.791. The van der Waals surface area contributed by atoms with Gasteiger partial charge in [-0.1, -0.05) is 0 Å². The Kier molecular flexibility index (Phi) is 2.42. The topological polar surface area (TPSA) is 61.9 Å². The van der Waals surface area contributed by atoms with Gasteiger partial charge in [0.1, 0.15) is 0 Å². The van der Waals surface area contributed by atoms with Gasteiger partial charge < -0.3 is 4.90 Å². The molecule has 0 spiro atoms. The van der Waals surface area contributed by atoms with E-state index in [-0.39, 0.29) is 11.8 Å². The van der Waals surface area contributed by atoms with Gasteiger partial charge in [-0.2, -0.15) is 10.4 Å². The second kappa shape index (κ2) is 3.73. The quantitative estimate of drug-likeness (QED) is 0.715. The van der Waals surface area contributed by atoms with E-state index in [9.17, 15) is 4.79 Å². The smallest absolute Gasteiger partial charge is 0.228 e. The fourth-order valence-corrected chi connectivity index (χ4v) is 1.71. The molecular weight excluding hydrogens is 192 g/mol. The zero-order chi connectivity index (χ0) is 10.8. The molecule has 1 aliphatic heterocycles. The first-order chi connectivity index (χ1) is 7.24. The van der Waals surface area contributed by atoms with Gasteiger partial charge in [0.05, 0.1) is 23.9 Å². The zero-order valence-corrected chi connectivity index (χ0v) is 8.55. The molecule has 2 heterocycles. The van der Waals surface area contributed by atoms with Gasteiger partial charge in [-0.25, -0.2) is 0 Å². The Morgan fingerprint density at radius 2 is 2.53 bits per heavy atom. The van der Waals surface area contributed by atoms with E-state index >= 15 is 0 Å². The number of aromatic nitrogens is 2. The van der Waals surface area contributed by atoms with E-state index in [4.69, 9.17) is 5.26 Å². The van der Waals surface area contributed by atoms with E-state index in [0.29, 0.717) is 13.0 Å². The van der Waals surface area contributed by atoms with Crippen molar-refractivity contribution in [1.29, 1.82) is 5.26 Å². The van der Waals surface area contributed by atoms with E-state index in [1.54, 1.807) is 15.8 Å². The van der Waals surface area contributed by atoms with Crippen LogP contribution in [-0.2, 0) is 11.3 Å². The molecule has 0 N–H and O–H groups in total. The standard InChI is InChI=1S/C10H12N4O/c1-2-13-7-9(5-12-13)14-6-8(4-11)3-10(14)15/h5,7-8H,2-3,6H2,1H3. The number of nitrogens with zero attached hydrogens (tertiary/aromatic N) is 4. The van der Waals surface area contributed by atoms with Crippen LogP contribution < -0.4 is 4.90 Å². The van der Waals surface area contributed by atoms with E-state index in [1.165, 1.54) is 0 Å². The predicted octanol–water partition coefficient (Wildman–Crippen LogP) is 0.779. The minimum absolute atomic E-state index is 0.0113. The molecule has 15 heavy (non-hydrogen) atoms. The number of anilines is 1. The SMILES string of the molecule is CCn1cc(N2CC(C#N)CC2=O)cn1. The number of carbonyl (C=O) groups is 1. The molecule has 0 radical (unpaired) electrons. The lowest BCUT2D eigenvalue weighted by atomic mass is 10.1. The van der Waals surface area contributed by atoms with E-state index in [2.05, 4.69) is 11.2 Å². The van der Waals surface area contributed by atoms with Crippen molar-refractivity contribution in [3.05, 3.63) is 12.4 Å². The lowest BCUT2D eigenvalue weighted by Gasteiger charge is -2.11. The molecule has 1 unspecified atom stereocenters. The van der Waals surface area contributed by atoms with E-state index < -0.39 is 0 Å². The molecule has 78 valence electrons. The third kappa shape index (κ3) is 1.71. The summed E-state index contributed by atoms with van der Waals surface area (Å²) in [4.78, 5) is 13.2. The first-order valence-electron chi connectivity index (χ1n) is 4.97. The Bertz CT molecular complexity index is 417. The van der Waals surface area contributed by atoms with Crippen molar-refractivity contribution in [2.45, 2.75) is 19.9 Å². The van der Waals surface area contributed by atoms with Gasteiger partial charge in [0.15, 0.2) is 0 Å². The van der Waals surface area contributed by atoms with Crippen LogP contribution in [0.25, 0.3) is 0 Å². The summed E-state index contributed by atoms with van der Waals surface area (Å²) in [7, 11) is 0. The zero-order valence-electron chi connectivity index (χ0n) is 8.55. The number of carbonyl (C=O) groups excluding carboxylic acids is 1. The number of hydrogen-bond donors (Lipinski definition) is 0.